The highest BCUT2D eigenvalue weighted by Gasteiger charge is 2.15. The molecule has 1 aliphatic heterocycles. The molecule has 1 aliphatic rings. The molecule has 1 amide bonds. The molecule has 1 N–H and O–H groups in total. The van der Waals surface area contributed by atoms with E-state index in [0.717, 1.165) is 43.6 Å². The SMILES string of the molecule is CCCCCOc1ccc(/C=C/C(=O)NC[C@H]2CCCO2)cc1OC. The lowest BCUT2D eigenvalue weighted by molar-refractivity contribution is -0.116. The van der Waals surface area contributed by atoms with Crippen LogP contribution < -0.4 is 14.8 Å². The Morgan fingerprint density at radius 1 is 1.36 bits per heavy atom. The fourth-order valence-electron chi connectivity index (χ4n) is 2.69. The standard InChI is InChI=1S/C20H29NO4/c1-3-4-5-12-25-18-10-8-16(14-19(18)23-2)9-11-20(22)21-15-17-7-6-13-24-17/h8-11,14,17H,3-7,12-13,15H2,1-2H3,(H,21,22)/b11-9+/t17-/m1/s1. The average Bonchev–Trinajstić information content (AvgIpc) is 3.16. The van der Waals surface area contributed by atoms with E-state index in [0.29, 0.717) is 18.9 Å². The molecule has 1 fully saturated rings. The van der Waals surface area contributed by atoms with Crippen molar-refractivity contribution in [3.05, 3.63) is 29.8 Å². The Kier molecular flexibility index (Phi) is 8.32. The summed E-state index contributed by atoms with van der Waals surface area (Å²) in [5.41, 5.74) is 0.894. The van der Waals surface area contributed by atoms with Gasteiger partial charge in [-0.1, -0.05) is 25.8 Å². The van der Waals surface area contributed by atoms with Crippen molar-refractivity contribution in [2.24, 2.45) is 0 Å². The zero-order chi connectivity index (χ0) is 17.9. The molecule has 0 aliphatic carbocycles. The third-order valence-electron chi connectivity index (χ3n) is 4.15. The molecule has 1 saturated heterocycles. The predicted octanol–water partition coefficient (Wildman–Crippen LogP) is 3.57. The molecule has 0 aromatic heterocycles. The molecule has 0 bridgehead atoms. The number of amides is 1. The molecule has 0 spiro atoms. The van der Waals surface area contributed by atoms with Gasteiger partial charge >= 0.3 is 0 Å². The van der Waals surface area contributed by atoms with E-state index < -0.39 is 0 Å². The van der Waals surface area contributed by atoms with Gasteiger partial charge in [0, 0.05) is 19.2 Å². The molecule has 5 nitrogen and oxygen atoms in total. The summed E-state index contributed by atoms with van der Waals surface area (Å²) in [6, 6.07) is 5.68. The third-order valence-corrected chi connectivity index (χ3v) is 4.15. The van der Waals surface area contributed by atoms with Gasteiger partial charge in [0.05, 0.1) is 19.8 Å². The van der Waals surface area contributed by atoms with Crippen LogP contribution in [0.3, 0.4) is 0 Å². The minimum absolute atomic E-state index is 0.116. The van der Waals surface area contributed by atoms with E-state index in [2.05, 4.69) is 12.2 Å². The summed E-state index contributed by atoms with van der Waals surface area (Å²) >= 11 is 0. The minimum Gasteiger partial charge on any atom is -0.493 e. The summed E-state index contributed by atoms with van der Waals surface area (Å²) in [6.07, 6.45) is 8.90. The molecular formula is C20H29NO4. The fourth-order valence-corrected chi connectivity index (χ4v) is 2.69. The monoisotopic (exact) mass is 347 g/mol. The van der Waals surface area contributed by atoms with Crippen molar-refractivity contribution in [2.45, 2.75) is 45.1 Å². The van der Waals surface area contributed by atoms with Gasteiger partial charge in [0.25, 0.3) is 0 Å². The van der Waals surface area contributed by atoms with E-state index in [1.807, 2.05) is 18.2 Å². The molecule has 138 valence electrons. The zero-order valence-corrected chi connectivity index (χ0v) is 15.3. The molecule has 5 heteroatoms. The lowest BCUT2D eigenvalue weighted by Crippen LogP contribution is -2.30. The lowest BCUT2D eigenvalue weighted by Gasteiger charge is -2.11. The van der Waals surface area contributed by atoms with Gasteiger partial charge in [0.1, 0.15) is 0 Å². The van der Waals surface area contributed by atoms with Crippen LogP contribution in [0.5, 0.6) is 11.5 Å². The van der Waals surface area contributed by atoms with Crippen molar-refractivity contribution in [3.63, 3.8) is 0 Å². The Labute approximate surface area is 150 Å². The van der Waals surface area contributed by atoms with Crippen molar-refractivity contribution in [3.8, 4) is 11.5 Å². The van der Waals surface area contributed by atoms with Crippen LogP contribution in [0.1, 0.15) is 44.6 Å². The Hall–Kier alpha value is -2.01. The first-order chi connectivity index (χ1) is 12.2. The van der Waals surface area contributed by atoms with Gasteiger partial charge in [0.15, 0.2) is 11.5 Å². The van der Waals surface area contributed by atoms with Gasteiger partial charge in [0.2, 0.25) is 5.91 Å². The largest absolute Gasteiger partial charge is 0.493 e. The number of ether oxygens (including phenoxy) is 3. The predicted molar refractivity (Wildman–Crippen MR) is 99.0 cm³/mol. The molecular weight excluding hydrogens is 318 g/mol. The first kappa shape index (κ1) is 19.3. The van der Waals surface area contributed by atoms with Crippen LogP contribution in [0.25, 0.3) is 6.08 Å². The molecule has 1 aromatic carbocycles. The number of benzene rings is 1. The van der Waals surface area contributed by atoms with Crippen LogP contribution in [-0.2, 0) is 9.53 Å². The van der Waals surface area contributed by atoms with Crippen molar-refractivity contribution in [1.29, 1.82) is 0 Å². The summed E-state index contributed by atoms with van der Waals surface area (Å²) in [5, 5.41) is 2.87. The molecule has 0 saturated carbocycles. The quantitative estimate of drug-likeness (QED) is 0.519. The van der Waals surface area contributed by atoms with Crippen molar-refractivity contribution in [2.75, 3.05) is 26.9 Å². The molecule has 2 rings (SSSR count). The van der Waals surface area contributed by atoms with E-state index in [9.17, 15) is 4.79 Å². The normalized spacial score (nSPS) is 17.0. The number of rotatable bonds is 10. The Bertz CT molecular complexity index is 565. The number of unbranched alkanes of at least 4 members (excludes halogenated alkanes) is 2. The van der Waals surface area contributed by atoms with Crippen LogP contribution in [0, 0.1) is 0 Å². The fraction of sp³-hybridized carbons (Fsp3) is 0.550. The van der Waals surface area contributed by atoms with Gasteiger partial charge < -0.3 is 19.5 Å². The smallest absolute Gasteiger partial charge is 0.244 e. The molecule has 1 atom stereocenters. The highest BCUT2D eigenvalue weighted by Crippen LogP contribution is 2.28. The molecule has 0 radical (unpaired) electrons. The van der Waals surface area contributed by atoms with Gasteiger partial charge in [-0.05, 0) is 43.0 Å². The van der Waals surface area contributed by atoms with Gasteiger partial charge in [-0.15, -0.1) is 0 Å². The third kappa shape index (κ3) is 6.78. The van der Waals surface area contributed by atoms with Crippen LogP contribution in [0.4, 0.5) is 0 Å². The topological polar surface area (TPSA) is 56.8 Å². The summed E-state index contributed by atoms with van der Waals surface area (Å²) < 4.78 is 16.6. The van der Waals surface area contributed by atoms with Gasteiger partial charge in [-0.2, -0.15) is 0 Å². The van der Waals surface area contributed by atoms with Crippen LogP contribution in [-0.4, -0.2) is 38.9 Å². The number of carbonyl (C=O) groups is 1. The number of nitrogens with one attached hydrogen (secondary N) is 1. The number of methoxy groups -OCH3 is 1. The van der Waals surface area contributed by atoms with Gasteiger partial charge in [-0.3, -0.25) is 4.79 Å². The summed E-state index contributed by atoms with van der Waals surface area (Å²) in [4.78, 5) is 11.9. The second-order valence-electron chi connectivity index (χ2n) is 6.18. The maximum absolute atomic E-state index is 11.9. The maximum Gasteiger partial charge on any atom is 0.244 e. The van der Waals surface area contributed by atoms with E-state index in [1.165, 1.54) is 12.5 Å². The Balaban J connectivity index is 1.84. The van der Waals surface area contributed by atoms with Crippen molar-refractivity contribution in [1.82, 2.24) is 5.32 Å². The molecule has 1 aromatic rings. The van der Waals surface area contributed by atoms with E-state index in [4.69, 9.17) is 14.2 Å². The number of hydrogen-bond donors (Lipinski definition) is 1. The summed E-state index contributed by atoms with van der Waals surface area (Å²) in [5.74, 6) is 1.30. The summed E-state index contributed by atoms with van der Waals surface area (Å²) in [6.45, 7) is 4.21. The number of carbonyl (C=O) groups excluding carboxylic acids is 1. The molecule has 25 heavy (non-hydrogen) atoms. The van der Waals surface area contributed by atoms with Crippen LogP contribution in [0.2, 0.25) is 0 Å². The van der Waals surface area contributed by atoms with Crippen LogP contribution in [0.15, 0.2) is 24.3 Å². The first-order valence-electron chi connectivity index (χ1n) is 9.11. The first-order valence-corrected chi connectivity index (χ1v) is 9.11. The average molecular weight is 347 g/mol. The van der Waals surface area contributed by atoms with Crippen molar-refractivity contribution >= 4 is 12.0 Å². The lowest BCUT2D eigenvalue weighted by atomic mass is 10.2. The second kappa shape index (κ2) is 10.8. The maximum atomic E-state index is 11.9. The zero-order valence-electron chi connectivity index (χ0n) is 15.3. The van der Waals surface area contributed by atoms with Gasteiger partial charge in [-0.25, -0.2) is 0 Å². The van der Waals surface area contributed by atoms with Crippen molar-refractivity contribution < 1.29 is 19.0 Å². The highest BCUT2D eigenvalue weighted by molar-refractivity contribution is 5.91. The molecule has 1 heterocycles. The summed E-state index contributed by atoms with van der Waals surface area (Å²) in [7, 11) is 1.62. The Morgan fingerprint density at radius 3 is 2.96 bits per heavy atom. The second-order valence-corrected chi connectivity index (χ2v) is 6.18. The van der Waals surface area contributed by atoms with Crippen LogP contribution >= 0.6 is 0 Å². The van der Waals surface area contributed by atoms with E-state index >= 15 is 0 Å². The highest BCUT2D eigenvalue weighted by atomic mass is 16.5. The minimum atomic E-state index is -0.116. The van der Waals surface area contributed by atoms with E-state index in [1.54, 1.807) is 13.2 Å². The number of hydrogen-bond acceptors (Lipinski definition) is 4. The Morgan fingerprint density at radius 2 is 2.24 bits per heavy atom. The van der Waals surface area contributed by atoms with E-state index in [-0.39, 0.29) is 12.0 Å². The molecule has 0 unspecified atom stereocenters.